The number of nitrogens with one attached hydrogen (secondary N) is 1. The van der Waals surface area contributed by atoms with Gasteiger partial charge in [0, 0.05) is 30.7 Å². The highest BCUT2D eigenvalue weighted by Crippen LogP contribution is 2.24. The van der Waals surface area contributed by atoms with Gasteiger partial charge in [0.2, 0.25) is 0 Å². The average Bonchev–Trinajstić information content (AvgIpc) is 2.88. The number of aromatic nitrogens is 1. The van der Waals surface area contributed by atoms with Crippen molar-refractivity contribution in [1.82, 2.24) is 10.3 Å². The van der Waals surface area contributed by atoms with Crippen LogP contribution in [0, 0.1) is 0 Å². The fourth-order valence-electron chi connectivity index (χ4n) is 1.89. The topological polar surface area (TPSA) is 28.2 Å². The van der Waals surface area contributed by atoms with E-state index in [0.717, 1.165) is 37.7 Å². The maximum absolute atomic E-state index is 4.52. The van der Waals surface area contributed by atoms with Crippen molar-refractivity contribution >= 4 is 22.5 Å². The molecular weight excluding hydrogens is 254 g/mol. The van der Waals surface area contributed by atoms with Crippen molar-refractivity contribution in [2.24, 2.45) is 0 Å². The van der Waals surface area contributed by atoms with Crippen LogP contribution < -0.4 is 10.2 Å². The molecule has 0 saturated heterocycles. The van der Waals surface area contributed by atoms with Crippen molar-refractivity contribution in [3.63, 3.8) is 0 Å². The Labute approximate surface area is 121 Å². The van der Waals surface area contributed by atoms with Crippen molar-refractivity contribution in [2.45, 2.75) is 40.5 Å². The molecule has 3 nitrogen and oxygen atoms in total. The zero-order valence-corrected chi connectivity index (χ0v) is 13.5. The molecule has 0 fully saturated rings. The molecule has 0 saturated carbocycles. The maximum Gasteiger partial charge on any atom is 0.185 e. The molecule has 1 aromatic rings. The first-order valence-electron chi connectivity index (χ1n) is 7.35. The smallest absolute Gasteiger partial charge is 0.185 e. The second-order valence-corrected chi connectivity index (χ2v) is 5.59. The van der Waals surface area contributed by atoms with Crippen molar-refractivity contribution in [3.8, 4) is 0 Å². The van der Waals surface area contributed by atoms with Crippen LogP contribution in [0.5, 0.6) is 0 Å². The molecule has 0 atom stereocenters. The minimum Gasteiger partial charge on any atom is -0.349 e. The number of hydrogen-bond acceptors (Lipinski definition) is 4. The van der Waals surface area contributed by atoms with Crippen molar-refractivity contribution < 1.29 is 0 Å². The molecule has 0 aromatic carbocycles. The van der Waals surface area contributed by atoms with Gasteiger partial charge in [0.05, 0.1) is 0 Å². The second kappa shape index (κ2) is 9.10. The number of rotatable bonds is 9. The molecule has 0 bridgehead atoms. The van der Waals surface area contributed by atoms with Gasteiger partial charge in [-0.1, -0.05) is 30.8 Å². The van der Waals surface area contributed by atoms with Gasteiger partial charge < -0.3 is 10.2 Å². The summed E-state index contributed by atoms with van der Waals surface area (Å²) < 4.78 is 0. The van der Waals surface area contributed by atoms with Gasteiger partial charge >= 0.3 is 0 Å². The van der Waals surface area contributed by atoms with Gasteiger partial charge in [-0.15, -0.1) is 0 Å². The SMILES string of the molecule is CCCNCC(=Cc1cnc(N(CC)CC)s1)CC. The van der Waals surface area contributed by atoms with E-state index in [0.29, 0.717) is 0 Å². The number of thiazole rings is 1. The Bertz CT molecular complexity index is 380. The van der Waals surface area contributed by atoms with Crippen molar-refractivity contribution in [3.05, 3.63) is 16.6 Å². The van der Waals surface area contributed by atoms with Crippen LogP contribution in [0.1, 0.15) is 45.4 Å². The molecule has 4 heteroatoms. The molecule has 0 unspecified atom stereocenters. The second-order valence-electron chi connectivity index (χ2n) is 4.55. The molecule has 1 rings (SSSR count). The third-order valence-corrected chi connectivity index (χ3v) is 4.13. The van der Waals surface area contributed by atoms with Gasteiger partial charge in [-0.2, -0.15) is 0 Å². The molecule has 0 amide bonds. The van der Waals surface area contributed by atoms with Crippen LogP contribution in [-0.4, -0.2) is 31.2 Å². The van der Waals surface area contributed by atoms with E-state index in [2.05, 4.69) is 49.0 Å². The Balaban J connectivity index is 2.68. The molecule has 0 aliphatic heterocycles. The monoisotopic (exact) mass is 281 g/mol. The molecule has 0 aliphatic carbocycles. The lowest BCUT2D eigenvalue weighted by molar-refractivity contribution is 0.706. The largest absolute Gasteiger partial charge is 0.349 e. The first kappa shape index (κ1) is 16.2. The Kier molecular flexibility index (Phi) is 7.75. The Hall–Kier alpha value is -0.870. The predicted molar refractivity (Wildman–Crippen MR) is 87.1 cm³/mol. The fourth-order valence-corrected chi connectivity index (χ4v) is 2.92. The normalized spacial score (nSPS) is 11.9. The molecule has 1 heterocycles. The lowest BCUT2D eigenvalue weighted by atomic mass is 10.2. The third kappa shape index (κ3) is 5.33. The number of hydrogen-bond donors (Lipinski definition) is 1. The molecule has 19 heavy (non-hydrogen) atoms. The standard InChI is InChI=1S/C15H27N3S/c1-5-9-16-11-13(6-2)10-14-12-17-15(19-14)18(7-3)8-4/h10,12,16H,5-9,11H2,1-4H3. The van der Waals surface area contributed by atoms with E-state index >= 15 is 0 Å². The summed E-state index contributed by atoms with van der Waals surface area (Å²) in [5.74, 6) is 0. The predicted octanol–water partition coefficient (Wildman–Crippen LogP) is 3.78. The highest BCUT2D eigenvalue weighted by molar-refractivity contribution is 7.16. The van der Waals surface area contributed by atoms with E-state index in [1.807, 2.05) is 6.20 Å². The van der Waals surface area contributed by atoms with E-state index in [9.17, 15) is 0 Å². The summed E-state index contributed by atoms with van der Waals surface area (Å²) in [4.78, 5) is 8.08. The quantitative estimate of drug-likeness (QED) is 0.698. The van der Waals surface area contributed by atoms with Gasteiger partial charge in [-0.3, -0.25) is 0 Å². The summed E-state index contributed by atoms with van der Waals surface area (Å²) >= 11 is 1.78. The summed E-state index contributed by atoms with van der Waals surface area (Å²) in [7, 11) is 0. The molecular formula is C15H27N3S. The Morgan fingerprint density at radius 3 is 2.63 bits per heavy atom. The van der Waals surface area contributed by atoms with Crippen LogP contribution in [0.4, 0.5) is 5.13 Å². The van der Waals surface area contributed by atoms with E-state index in [4.69, 9.17) is 0 Å². The van der Waals surface area contributed by atoms with Gasteiger partial charge in [0.1, 0.15) is 0 Å². The van der Waals surface area contributed by atoms with Gasteiger partial charge in [-0.25, -0.2) is 4.98 Å². The van der Waals surface area contributed by atoms with E-state index in [1.165, 1.54) is 16.9 Å². The Morgan fingerprint density at radius 2 is 2.05 bits per heavy atom. The Morgan fingerprint density at radius 1 is 1.32 bits per heavy atom. The fraction of sp³-hybridized carbons (Fsp3) is 0.667. The highest BCUT2D eigenvalue weighted by atomic mass is 32.1. The van der Waals surface area contributed by atoms with Crippen LogP contribution >= 0.6 is 11.3 Å². The summed E-state index contributed by atoms with van der Waals surface area (Å²) in [6.45, 7) is 12.9. The zero-order chi connectivity index (χ0) is 14.1. The average molecular weight is 281 g/mol. The summed E-state index contributed by atoms with van der Waals surface area (Å²) in [5.41, 5.74) is 1.45. The molecule has 1 N–H and O–H groups in total. The van der Waals surface area contributed by atoms with Crippen LogP contribution in [0.15, 0.2) is 11.8 Å². The first-order valence-corrected chi connectivity index (χ1v) is 8.17. The van der Waals surface area contributed by atoms with Crippen molar-refractivity contribution in [2.75, 3.05) is 31.1 Å². The molecule has 0 spiro atoms. The first-order chi connectivity index (χ1) is 9.24. The van der Waals surface area contributed by atoms with Crippen LogP contribution in [-0.2, 0) is 0 Å². The van der Waals surface area contributed by atoms with E-state index in [-0.39, 0.29) is 0 Å². The van der Waals surface area contributed by atoms with Gasteiger partial charge in [0.15, 0.2) is 5.13 Å². The summed E-state index contributed by atoms with van der Waals surface area (Å²) in [5, 5.41) is 4.60. The minimum absolute atomic E-state index is 0.989. The molecule has 0 radical (unpaired) electrons. The maximum atomic E-state index is 4.52. The minimum atomic E-state index is 0.989. The number of anilines is 1. The van der Waals surface area contributed by atoms with E-state index < -0.39 is 0 Å². The summed E-state index contributed by atoms with van der Waals surface area (Å²) in [6.07, 6.45) is 6.56. The lowest BCUT2D eigenvalue weighted by Crippen LogP contribution is -2.21. The van der Waals surface area contributed by atoms with Crippen LogP contribution in [0.25, 0.3) is 6.08 Å². The summed E-state index contributed by atoms with van der Waals surface area (Å²) in [6, 6.07) is 0. The zero-order valence-electron chi connectivity index (χ0n) is 12.7. The van der Waals surface area contributed by atoms with E-state index in [1.54, 1.807) is 11.3 Å². The van der Waals surface area contributed by atoms with Gasteiger partial charge in [-0.05, 0) is 39.3 Å². The molecule has 0 aliphatic rings. The van der Waals surface area contributed by atoms with Crippen molar-refractivity contribution in [1.29, 1.82) is 0 Å². The number of nitrogens with zero attached hydrogens (tertiary/aromatic N) is 2. The lowest BCUT2D eigenvalue weighted by Gasteiger charge is -2.16. The molecule has 108 valence electrons. The third-order valence-electron chi connectivity index (χ3n) is 3.12. The van der Waals surface area contributed by atoms with Crippen LogP contribution in [0.3, 0.4) is 0 Å². The van der Waals surface area contributed by atoms with Crippen LogP contribution in [0.2, 0.25) is 0 Å². The molecule has 1 aromatic heterocycles. The highest BCUT2D eigenvalue weighted by Gasteiger charge is 2.06. The van der Waals surface area contributed by atoms with Gasteiger partial charge in [0.25, 0.3) is 0 Å².